The fourth-order valence-corrected chi connectivity index (χ4v) is 1.32. The molecule has 1 heterocycles. The monoisotopic (exact) mass is 201 g/mol. The maximum atomic E-state index is 10.5. The van der Waals surface area contributed by atoms with Gasteiger partial charge in [0.15, 0.2) is 12.0 Å². The number of aldehydes is 1. The maximum Gasteiger partial charge on any atom is 0.185 e. The minimum Gasteiger partial charge on any atom is -0.453 e. The van der Waals surface area contributed by atoms with E-state index in [9.17, 15) is 9.70 Å². The number of furan rings is 1. The fraction of sp³-hybridized carbons (Fsp3) is 0. The zero-order valence-electron chi connectivity index (χ0n) is 7.71. The zero-order valence-corrected chi connectivity index (χ0v) is 7.71. The highest BCUT2D eigenvalue weighted by molar-refractivity contribution is 5.76. The normalized spacial score (nSPS) is 9.87. The Morgan fingerprint density at radius 2 is 1.93 bits per heavy atom. The van der Waals surface area contributed by atoms with E-state index in [2.05, 4.69) is 5.18 Å². The number of hydrogen-bond donors (Lipinski definition) is 0. The van der Waals surface area contributed by atoms with Crippen molar-refractivity contribution in [3.05, 3.63) is 47.1 Å². The van der Waals surface area contributed by atoms with Gasteiger partial charge < -0.3 is 4.42 Å². The summed E-state index contributed by atoms with van der Waals surface area (Å²) < 4.78 is 5.19. The Kier molecular flexibility index (Phi) is 2.41. The van der Waals surface area contributed by atoms with Gasteiger partial charge in [-0.05, 0) is 29.4 Å². The molecular formula is C11H7NO3. The van der Waals surface area contributed by atoms with Crippen LogP contribution in [-0.2, 0) is 0 Å². The number of benzene rings is 1. The highest BCUT2D eigenvalue weighted by atomic mass is 16.3. The van der Waals surface area contributed by atoms with Gasteiger partial charge >= 0.3 is 0 Å². The van der Waals surface area contributed by atoms with Gasteiger partial charge in [0.05, 0.1) is 0 Å². The molecule has 0 amide bonds. The Labute approximate surface area is 85.5 Å². The van der Waals surface area contributed by atoms with Gasteiger partial charge in [-0.3, -0.25) is 4.79 Å². The summed E-state index contributed by atoms with van der Waals surface area (Å²) in [5, 5.41) is 2.88. The predicted molar refractivity (Wildman–Crippen MR) is 55.0 cm³/mol. The fourth-order valence-electron chi connectivity index (χ4n) is 1.32. The molecule has 15 heavy (non-hydrogen) atoms. The second kappa shape index (κ2) is 3.88. The molecule has 0 N–H and O–H groups in total. The van der Waals surface area contributed by atoms with E-state index < -0.39 is 0 Å². The van der Waals surface area contributed by atoms with Crippen LogP contribution >= 0.6 is 0 Å². The van der Waals surface area contributed by atoms with Crippen molar-refractivity contribution in [3.63, 3.8) is 0 Å². The molecule has 0 aliphatic carbocycles. The Morgan fingerprint density at radius 3 is 2.60 bits per heavy atom. The first-order valence-electron chi connectivity index (χ1n) is 4.33. The van der Waals surface area contributed by atoms with Gasteiger partial charge in [0.2, 0.25) is 0 Å². The van der Waals surface area contributed by atoms with Gasteiger partial charge in [-0.25, -0.2) is 0 Å². The van der Waals surface area contributed by atoms with Crippen LogP contribution in [0.25, 0.3) is 11.3 Å². The summed E-state index contributed by atoms with van der Waals surface area (Å²) >= 11 is 0. The van der Waals surface area contributed by atoms with Crippen LogP contribution in [0.3, 0.4) is 0 Å². The summed E-state index contributed by atoms with van der Waals surface area (Å²) in [6, 6.07) is 9.96. The first kappa shape index (κ1) is 9.33. The Hall–Kier alpha value is -2.23. The lowest BCUT2D eigenvalue weighted by molar-refractivity contribution is 0.110. The topological polar surface area (TPSA) is 59.6 Å². The van der Waals surface area contributed by atoms with Gasteiger partial charge in [-0.15, -0.1) is 4.91 Å². The van der Waals surface area contributed by atoms with Crippen LogP contribution in [0.5, 0.6) is 0 Å². The third-order valence-electron chi connectivity index (χ3n) is 2.01. The molecule has 0 atom stereocenters. The summed E-state index contributed by atoms with van der Waals surface area (Å²) in [5.74, 6) is 0.693. The van der Waals surface area contributed by atoms with Crippen molar-refractivity contribution in [1.82, 2.24) is 0 Å². The molecule has 0 saturated carbocycles. The van der Waals surface area contributed by atoms with Gasteiger partial charge in [0.1, 0.15) is 11.4 Å². The standard InChI is InChI=1S/C11H7NO3/c13-7-8-5-6-11(15-8)9-3-1-2-4-10(9)12-14/h1-7H. The molecule has 0 radical (unpaired) electrons. The minimum absolute atomic E-state index is 0.228. The molecular weight excluding hydrogens is 194 g/mol. The molecule has 0 bridgehead atoms. The van der Waals surface area contributed by atoms with Gasteiger partial charge in [0, 0.05) is 5.56 Å². The number of nitroso groups, excluding NO2 is 1. The first-order valence-corrected chi connectivity index (χ1v) is 4.33. The lowest BCUT2D eigenvalue weighted by Crippen LogP contribution is -1.74. The van der Waals surface area contributed by atoms with Crippen molar-refractivity contribution in [2.24, 2.45) is 5.18 Å². The van der Waals surface area contributed by atoms with Crippen molar-refractivity contribution in [2.45, 2.75) is 0 Å². The van der Waals surface area contributed by atoms with Crippen LogP contribution in [0.15, 0.2) is 46.0 Å². The molecule has 0 fully saturated rings. The smallest absolute Gasteiger partial charge is 0.185 e. The van der Waals surface area contributed by atoms with E-state index >= 15 is 0 Å². The van der Waals surface area contributed by atoms with E-state index in [0.29, 0.717) is 23.3 Å². The lowest BCUT2D eigenvalue weighted by Gasteiger charge is -1.98. The number of nitrogens with zero attached hydrogens (tertiary/aromatic N) is 1. The summed E-state index contributed by atoms with van der Waals surface area (Å²) in [6.07, 6.45) is 0.612. The Balaban J connectivity index is 2.52. The highest BCUT2D eigenvalue weighted by Crippen LogP contribution is 2.30. The summed E-state index contributed by atoms with van der Waals surface area (Å²) in [7, 11) is 0. The van der Waals surface area contributed by atoms with Crippen LogP contribution < -0.4 is 0 Å². The minimum atomic E-state index is 0.228. The third kappa shape index (κ3) is 1.69. The van der Waals surface area contributed by atoms with Gasteiger partial charge in [-0.1, -0.05) is 12.1 Å². The SMILES string of the molecule is O=Cc1ccc(-c2ccccc2N=O)o1. The molecule has 1 aromatic heterocycles. The summed E-state index contributed by atoms with van der Waals surface area (Å²) in [4.78, 5) is 20.9. The van der Waals surface area contributed by atoms with Crippen molar-refractivity contribution in [1.29, 1.82) is 0 Å². The quantitative estimate of drug-likeness (QED) is 0.566. The largest absolute Gasteiger partial charge is 0.453 e. The molecule has 2 rings (SSSR count). The number of hydrogen-bond acceptors (Lipinski definition) is 4. The number of rotatable bonds is 3. The van der Waals surface area contributed by atoms with E-state index in [0.717, 1.165) is 0 Å². The van der Waals surface area contributed by atoms with E-state index in [1.54, 1.807) is 36.4 Å². The molecule has 4 heteroatoms. The second-order valence-corrected chi connectivity index (χ2v) is 2.93. The van der Waals surface area contributed by atoms with Crippen LogP contribution in [0.2, 0.25) is 0 Å². The molecule has 0 spiro atoms. The zero-order chi connectivity index (χ0) is 10.7. The van der Waals surface area contributed by atoms with Crippen molar-refractivity contribution in [3.8, 4) is 11.3 Å². The first-order chi connectivity index (χ1) is 7.35. The number of carbonyl (C=O) groups excluding carboxylic acids is 1. The Morgan fingerprint density at radius 1 is 1.13 bits per heavy atom. The molecule has 2 aromatic rings. The van der Waals surface area contributed by atoms with Crippen molar-refractivity contribution in [2.75, 3.05) is 0 Å². The predicted octanol–water partition coefficient (Wildman–Crippen LogP) is 3.16. The maximum absolute atomic E-state index is 10.5. The van der Waals surface area contributed by atoms with E-state index in [-0.39, 0.29) is 5.76 Å². The second-order valence-electron chi connectivity index (χ2n) is 2.93. The molecule has 0 saturated heterocycles. The van der Waals surface area contributed by atoms with E-state index in [1.165, 1.54) is 0 Å². The molecule has 0 aliphatic heterocycles. The molecule has 74 valence electrons. The molecule has 1 aromatic carbocycles. The summed E-state index contributed by atoms with van der Waals surface area (Å²) in [6.45, 7) is 0. The van der Waals surface area contributed by atoms with Crippen LogP contribution in [0.4, 0.5) is 5.69 Å². The van der Waals surface area contributed by atoms with E-state index in [4.69, 9.17) is 4.42 Å². The molecule has 0 unspecified atom stereocenters. The molecule has 4 nitrogen and oxygen atoms in total. The van der Waals surface area contributed by atoms with Crippen molar-refractivity contribution >= 4 is 12.0 Å². The summed E-state index contributed by atoms with van der Waals surface area (Å²) in [5.41, 5.74) is 0.880. The molecule has 0 aliphatic rings. The van der Waals surface area contributed by atoms with Crippen LogP contribution in [0, 0.1) is 4.91 Å². The van der Waals surface area contributed by atoms with Crippen LogP contribution in [0.1, 0.15) is 10.6 Å². The van der Waals surface area contributed by atoms with Gasteiger partial charge in [0.25, 0.3) is 0 Å². The number of carbonyl (C=O) groups is 1. The highest BCUT2D eigenvalue weighted by Gasteiger charge is 2.08. The van der Waals surface area contributed by atoms with Crippen LogP contribution in [-0.4, -0.2) is 6.29 Å². The average molecular weight is 201 g/mol. The van der Waals surface area contributed by atoms with E-state index in [1.807, 2.05) is 0 Å². The lowest BCUT2D eigenvalue weighted by atomic mass is 10.1. The average Bonchev–Trinajstić information content (AvgIpc) is 2.77. The van der Waals surface area contributed by atoms with Gasteiger partial charge in [-0.2, -0.15) is 0 Å². The van der Waals surface area contributed by atoms with Crippen molar-refractivity contribution < 1.29 is 9.21 Å². The Bertz CT molecular complexity index is 502. The third-order valence-corrected chi connectivity index (χ3v) is 2.01.